The molecular formula is C9H13N. The molecule has 1 aliphatic rings. The predicted octanol–water partition coefficient (Wildman–Crippen LogP) is 2.70. The monoisotopic (exact) mass is 135 g/mol. The van der Waals surface area contributed by atoms with Gasteiger partial charge in [0.15, 0.2) is 0 Å². The Morgan fingerprint density at radius 1 is 1.50 bits per heavy atom. The normalized spacial score (nSPS) is 17.0. The standard InChI is InChI=1S/C9H13N/c1-4-7(2)10-8(3)9-5-6-9/h4H,1,5-6H2,2-3H3. The third-order valence-corrected chi connectivity index (χ3v) is 1.65. The summed E-state index contributed by atoms with van der Waals surface area (Å²) in [6, 6.07) is 0. The SMILES string of the molecule is C=CC(C)=NC(C)=C1CC1. The molecule has 0 saturated heterocycles. The van der Waals surface area contributed by atoms with Gasteiger partial charge in [-0.25, -0.2) is 0 Å². The van der Waals surface area contributed by atoms with Gasteiger partial charge >= 0.3 is 0 Å². The molecule has 0 amide bonds. The third-order valence-electron chi connectivity index (χ3n) is 1.65. The quantitative estimate of drug-likeness (QED) is 0.516. The summed E-state index contributed by atoms with van der Waals surface area (Å²) in [5.74, 6) is 0. The van der Waals surface area contributed by atoms with Crippen LogP contribution in [0.25, 0.3) is 0 Å². The molecule has 10 heavy (non-hydrogen) atoms. The molecule has 54 valence electrons. The summed E-state index contributed by atoms with van der Waals surface area (Å²) in [5.41, 5.74) is 3.70. The zero-order valence-electron chi connectivity index (χ0n) is 6.65. The molecule has 0 radical (unpaired) electrons. The van der Waals surface area contributed by atoms with Gasteiger partial charge in [0.1, 0.15) is 0 Å². The van der Waals surface area contributed by atoms with Gasteiger partial charge in [-0.3, -0.25) is 4.99 Å². The van der Waals surface area contributed by atoms with E-state index >= 15 is 0 Å². The number of nitrogens with zero attached hydrogens (tertiary/aromatic N) is 1. The first-order valence-electron chi connectivity index (χ1n) is 3.60. The fourth-order valence-electron chi connectivity index (χ4n) is 0.814. The van der Waals surface area contributed by atoms with Gasteiger partial charge in [0.2, 0.25) is 0 Å². The van der Waals surface area contributed by atoms with Gasteiger partial charge < -0.3 is 0 Å². The zero-order chi connectivity index (χ0) is 7.56. The van der Waals surface area contributed by atoms with Gasteiger partial charge in [-0.2, -0.15) is 0 Å². The number of allylic oxidation sites excluding steroid dienone is 3. The molecule has 0 aromatic heterocycles. The van der Waals surface area contributed by atoms with E-state index in [-0.39, 0.29) is 0 Å². The Hall–Kier alpha value is -0.850. The van der Waals surface area contributed by atoms with E-state index in [9.17, 15) is 0 Å². The van der Waals surface area contributed by atoms with Crippen LogP contribution in [0.1, 0.15) is 26.7 Å². The van der Waals surface area contributed by atoms with Crippen molar-refractivity contribution in [2.24, 2.45) is 4.99 Å². The van der Waals surface area contributed by atoms with Gasteiger partial charge in [-0.05, 0) is 38.3 Å². The molecule has 1 rings (SSSR count). The molecule has 0 aromatic rings. The highest BCUT2D eigenvalue weighted by molar-refractivity contribution is 5.92. The summed E-state index contributed by atoms with van der Waals surface area (Å²) in [6.07, 6.45) is 4.28. The summed E-state index contributed by atoms with van der Waals surface area (Å²) >= 11 is 0. The van der Waals surface area contributed by atoms with Crippen LogP contribution in [0.5, 0.6) is 0 Å². The molecule has 1 fully saturated rings. The zero-order valence-corrected chi connectivity index (χ0v) is 6.65. The molecule has 1 aliphatic carbocycles. The minimum atomic E-state index is 1.01. The lowest BCUT2D eigenvalue weighted by molar-refractivity contribution is 1.27. The van der Waals surface area contributed by atoms with Crippen molar-refractivity contribution in [1.82, 2.24) is 0 Å². The predicted molar refractivity (Wildman–Crippen MR) is 45.2 cm³/mol. The summed E-state index contributed by atoms with van der Waals surface area (Å²) < 4.78 is 0. The molecule has 0 aliphatic heterocycles. The second kappa shape index (κ2) is 2.82. The van der Waals surface area contributed by atoms with E-state index in [0.29, 0.717) is 0 Å². The third kappa shape index (κ3) is 1.83. The second-order valence-corrected chi connectivity index (χ2v) is 2.65. The molecule has 1 saturated carbocycles. The van der Waals surface area contributed by atoms with Crippen LogP contribution in [0.4, 0.5) is 0 Å². The van der Waals surface area contributed by atoms with E-state index in [1.54, 1.807) is 6.08 Å². The van der Waals surface area contributed by atoms with Crippen LogP contribution >= 0.6 is 0 Å². The van der Waals surface area contributed by atoms with Crippen LogP contribution in [0.15, 0.2) is 28.9 Å². The van der Waals surface area contributed by atoms with Crippen LogP contribution in [-0.2, 0) is 0 Å². The minimum Gasteiger partial charge on any atom is -0.259 e. The van der Waals surface area contributed by atoms with E-state index < -0.39 is 0 Å². The van der Waals surface area contributed by atoms with Crippen LogP contribution in [0.2, 0.25) is 0 Å². The summed E-state index contributed by atoms with van der Waals surface area (Å²) in [4.78, 5) is 4.34. The maximum atomic E-state index is 4.34. The van der Waals surface area contributed by atoms with E-state index in [1.165, 1.54) is 24.1 Å². The van der Waals surface area contributed by atoms with Gasteiger partial charge in [0, 0.05) is 11.4 Å². The summed E-state index contributed by atoms with van der Waals surface area (Å²) in [6.45, 7) is 7.68. The summed E-state index contributed by atoms with van der Waals surface area (Å²) in [7, 11) is 0. The van der Waals surface area contributed by atoms with Crippen LogP contribution in [0, 0.1) is 0 Å². The number of aliphatic imine (C=N–C) groups is 1. The number of hydrogen-bond acceptors (Lipinski definition) is 1. The highest BCUT2D eigenvalue weighted by Crippen LogP contribution is 2.31. The van der Waals surface area contributed by atoms with Crippen LogP contribution in [0.3, 0.4) is 0 Å². The molecule has 0 N–H and O–H groups in total. The largest absolute Gasteiger partial charge is 0.259 e. The average molecular weight is 135 g/mol. The number of hydrogen-bond donors (Lipinski definition) is 0. The van der Waals surface area contributed by atoms with E-state index in [1.807, 2.05) is 6.92 Å². The van der Waals surface area contributed by atoms with E-state index in [4.69, 9.17) is 0 Å². The van der Waals surface area contributed by atoms with Gasteiger partial charge in [0.05, 0.1) is 0 Å². The lowest BCUT2D eigenvalue weighted by atomic mass is 10.4. The van der Waals surface area contributed by atoms with Crippen LogP contribution in [-0.4, -0.2) is 5.71 Å². The second-order valence-electron chi connectivity index (χ2n) is 2.65. The van der Waals surface area contributed by atoms with Gasteiger partial charge in [-0.1, -0.05) is 6.58 Å². The highest BCUT2D eigenvalue weighted by atomic mass is 14.7. The van der Waals surface area contributed by atoms with Crippen molar-refractivity contribution in [3.05, 3.63) is 23.9 Å². The lowest BCUT2D eigenvalue weighted by Crippen LogP contribution is -1.82. The maximum absolute atomic E-state index is 4.34. The Bertz CT molecular complexity index is 203. The molecule has 0 aromatic carbocycles. The molecular weight excluding hydrogens is 122 g/mol. The molecule has 0 bridgehead atoms. The van der Waals surface area contributed by atoms with E-state index in [2.05, 4.69) is 18.5 Å². The molecule has 1 heteroatoms. The van der Waals surface area contributed by atoms with Crippen molar-refractivity contribution < 1.29 is 0 Å². The maximum Gasteiger partial charge on any atom is 0.0369 e. The smallest absolute Gasteiger partial charge is 0.0369 e. The Balaban J connectivity index is 2.67. The molecule has 1 nitrogen and oxygen atoms in total. The minimum absolute atomic E-state index is 1.01. The van der Waals surface area contributed by atoms with Crippen molar-refractivity contribution in [3.63, 3.8) is 0 Å². The fourth-order valence-corrected chi connectivity index (χ4v) is 0.814. The number of rotatable bonds is 2. The highest BCUT2D eigenvalue weighted by Gasteiger charge is 2.13. The Morgan fingerprint density at radius 2 is 2.10 bits per heavy atom. The van der Waals surface area contributed by atoms with Crippen molar-refractivity contribution in [2.75, 3.05) is 0 Å². The van der Waals surface area contributed by atoms with E-state index in [0.717, 1.165) is 5.71 Å². The summed E-state index contributed by atoms with van der Waals surface area (Å²) in [5, 5.41) is 0. The Labute approximate surface area is 62.2 Å². The van der Waals surface area contributed by atoms with Gasteiger partial charge in [-0.15, -0.1) is 0 Å². The molecule has 0 spiro atoms. The van der Waals surface area contributed by atoms with Crippen LogP contribution < -0.4 is 0 Å². The molecule has 0 atom stereocenters. The van der Waals surface area contributed by atoms with Gasteiger partial charge in [0.25, 0.3) is 0 Å². The van der Waals surface area contributed by atoms with Crippen molar-refractivity contribution in [1.29, 1.82) is 0 Å². The lowest BCUT2D eigenvalue weighted by Gasteiger charge is -1.91. The molecule has 0 unspecified atom stereocenters. The first-order chi connectivity index (χ1) is 4.74. The van der Waals surface area contributed by atoms with Crippen molar-refractivity contribution in [3.8, 4) is 0 Å². The first-order valence-corrected chi connectivity index (χ1v) is 3.60. The van der Waals surface area contributed by atoms with Crippen molar-refractivity contribution in [2.45, 2.75) is 26.7 Å². The fraction of sp³-hybridized carbons (Fsp3) is 0.444. The Morgan fingerprint density at radius 3 is 2.50 bits per heavy atom. The Kier molecular flexibility index (Phi) is 2.05. The molecule has 0 heterocycles. The van der Waals surface area contributed by atoms with Crippen molar-refractivity contribution >= 4 is 5.71 Å². The topological polar surface area (TPSA) is 12.4 Å². The first kappa shape index (κ1) is 7.26. The average Bonchev–Trinajstić information content (AvgIpc) is 2.68.